The van der Waals surface area contributed by atoms with Crippen LogP contribution in [0.25, 0.3) is 0 Å². The normalized spacial score (nSPS) is 45.0. The van der Waals surface area contributed by atoms with Crippen molar-refractivity contribution in [2.45, 2.75) is 124 Å². The minimum absolute atomic E-state index is 0.0142. The predicted octanol–water partition coefficient (Wildman–Crippen LogP) is -5.07. The molecule has 2 saturated heterocycles. The second kappa shape index (κ2) is 13.9. The van der Waals surface area contributed by atoms with Gasteiger partial charge in [0.2, 0.25) is 0 Å². The average Bonchev–Trinajstić information content (AvgIpc) is 3.69. The lowest BCUT2D eigenvalue weighted by Gasteiger charge is -2.48. The summed E-state index contributed by atoms with van der Waals surface area (Å²) in [5.74, 6) is 0.0142. The molecular weight excluding hydrogens is 556 g/mol. The molecule has 0 aromatic heterocycles. The zero-order chi connectivity index (χ0) is 30.8. The Morgan fingerprint density at radius 2 is 1.76 bits per heavy atom. The van der Waals surface area contributed by atoms with E-state index < -0.39 is 78.5 Å². The zero-order valence-corrected chi connectivity index (χ0v) is 24.3. The molecule has 4 aliphatic rings. The van der Waals surface area contributed by atoms with E-state index in [0.29, 0.717) is 32.2 Å². The van der Waals surface area contributed by atoms with Crippen LogP contribution in [0.5, 0.6) is 0 Å². The standard InChI is InChI=1S/C26H50N6O10/c1-25(37)11-39-23(18(36)21(25)30-2)42-20-16(32-24(29)26(38)5-6-26)7-15(28)19(17(20)35)41-22-14(27)4-3-13(40-22)9-31-8-12(34)10-33/h12-23,30-31,33-38H,3-11,27-28H2,1-2H3,(H2,29,32)/t12?,13-,14+,15-,16+,17-,18+,19+,20-,21+,22+,23+,25-/m0/s1. The molecule has 2 aliphatic carbocycles. The highest BCUT2D eigenvalue weighted by atomic mass is 16.7. The van der Waals surface area contributed by atoms with E-state index in [0.717, 1.165) is 0 Å². The molecule has 244 valence electrons. The number of nitrogens with one attached hydrogen (secondary N) is 2. The molecule has 2 saturated carbocycles. The average molecular weight is 607 g/mol. The number of hydrogen-bond acceptors (Lipinski definition) is 15. The van der Waals surface area contributed by atoms with E-state index in [4.69, 9.17) is 41.3 Å². The van der Waals surface area contributed by atoms with Gasteiger partial charge in [-0.05, 0) is 46.1 Å². The number of likely N-dealkylation sites (N-methyl/N-ethyl adjacent to an activating group) is 1. The second-order valence-electron chi connectivity index (χ2n) is 12.4. The number of amidine groups is 1. The summed E-state index contributed by atoms with van der Waals surface area (Å²) in [5.41, 5.74) is 16.3. The molecule has 16 heteroatoms. The summed E-state index contributed by atoms with van der Waals surface area (Å²) < 4.78 is 24.1. The van der Waals surface area contributed by atoms with Gasteiger partial charge in [0.15, 0.2) is 12.6 Å². The van der Waals surface area contributed by atoms with Gasteiger partial charge in [-0.3, -0.25) is 4.99 Å². The Balaban J connectivity index is 1.49. The van der Waals surface area contributed by atoms with E-state index in [2.05, 4.69) is 15.6 Å². The molecule has 0 radical (unpaired) electrons. The summed E-state index contributed by atoms with van der Waals surface area (Å²) >= 11 is 0. The molecule has 4 fully saturated rings. The number of aliphatic hydroxyl groups excluding tert-OH is 4. The maximum Gasteiger partial charge on any atom is 0.185 e. The first-order chi connectivity index (χ1) is 19.8. The Bertz CT molecular complexity index is 913. The molecular formula is C26H50N6O10. The van der Waals surface area contributed by atoms with Crippen molar-refractivity contribution in [3.05, 3.63) is 0 Å². The highest BCUT2D eigenvalue weighted by Gasteiger charge is 2.52. The predicted molar refractivity (Wildman–Crippen MR) is 149 cm³/mol. The van der Waals surface area contributed by atoms with Crippen LogP contribution in [0.4, 0.5) is 0 Å². The number of aliphatic hydroxyl groups is 6. The highest BCUT2D eigenvalue weighted by Crippen LogP contribution is 2.37. The van der Waals surface area contributed by atoms with Gasteiger partial charge in [-0.25, -0.2) is 0 Å². The summed E-state index contributed by atoms with van der Waals surface area (Å²) in [4.78, 5) is 4.49. The Labute approximate surface area is 245 Å². The molecule has 0 bridgehead atoms. The van der Waals surface area contributed by atoms with Crippen molar-refractivity contribution in [2.24, 2.45) is 22.2 Å². The van der Waals surface area contributed by atoms with Crippen LogP contribution in [-0.2, 0) is 18.9 Å². The first-order valence-corrected chi connectivity index (χ1v) is 14.7. The Hall–Kier alpha value is -1.09. The number of nitrogens with two attached hydrogens (primary N) is 3. The number of ether oxygens (including phenoxy) is 4. The molecule has 0 aromatic carbocycles. The molecule has 42 heavy (non-hydrogen) atoms. The number of hydrogen-bond donors (Lipinski definition) is 11. The van der Waals surface area contributed by atoms with E-state index in [1.165, 1.54) is 6.92 Å². The first kappa shape index (κ1) is 33.8. The van der Waals surface area contributed by atoms with Crippen LogP contribution in [0.2, 0.25) is 0 Å². The van der Waals surface area contributed by atoms with Crippen molar-refractivity contribution in [2.75, 3.05) is 33.4 Å². The van der Waals surface area contributed by atoms with Gasteiger partial charge in [0, 0.05) is 19.1 Å². The largest absolute Gasteiger partial charge is 0.394 e. The fraction of sp³-hybridized carbons (Fsp3) is 0.962. The van der Waals surface area contributed by atoms with Crippen LogP contribution >= 0.6 is 0 Å². The molecule has 0 spiro atoms. The molecule has 2 heterocycles. The molecule has 2 aliphatic heterocycles. The minimum atomic E-state index is -1.38. The first-order valence-electron chi connectivity index (χ1n) is 14.7. The fourth-order valence-electron chi connectivity index (χ4n) is 5.87. The van der Waals surface area contributed by atoms with Crippen LogP contribution in [-0.4, -0.2) is 154 Å². The Morgan fingerprint density at radius 3 is 2.40 bits per heavy atom. The third-order valence-corrected chi connectivity index (χ3v) is 8.68. The van der Waals surface area contributed by atoms with E-state index in [-0.39, 0.29) is 38.1 Å². The van der Waals surface area contributed by atoms with Crippen molar-refractivity contribution in [3.8, 4) is 0 Å². The SMILES string of the molecule is CN[C@@H]1[C@@H](O)[C@@H](O[C@@H]2[C@@H](O)[C@H](O[C@H]3O[C@H](CNCC(O)CO)CC[C@H]3N)[C@@H](N)C[C@H]2N=C(N)C2(O)CC2)OC[C@]1(C)O. The van der Waals surface area contributed by atoms with E-state index in [1.807, 2.05) is 0 Å². The molecule has 0 aromatic rings. The van der Waals surface area contributed by atoms with E-state index >= 15 is 0 Å². The summed E-state index contributed by atoms with van der Waals surface area (Å²) in [6, 6.07) is -2.84. The Morgan fingerprint density at radius 1 is 1.07 bits per heavy atom. The fourth-order valence-corrected chi connectivity index (χ4v) is 5.87. The van der Waals surface area contributed by atoms with Crippen molar-refractivity contribution in [1.82, 2.24) is 10.6 Å². The molecule has 16 nitrogen and oxygen atoms in total. The van der Waals surface area contributed by atoms with Crippen LogP contribution in [0.15, 0.2) is 4.99 Å². The van der Waals surface area contributed by atoms with Gasteiger partial charge >= 0.3 is 0 Å². The van der Waals surface area contributed by atoms with Crippen LogP contribution in [0.1, 0.15) is 39.0 Å². The van der Waals surface area contributed by atoms with E-state index in [1.54, 1.807) is 7.05 Å². The highest BCUT2D eigenvalue weighted by molar-refractivity contribution is 5.91. The van der Waals surface area contributed by atoms with Crippen LogP contribution < -0.4 is 27.8 Å². The topological polar surface area (TPSA) is 273 Å². The number of rotatable bonds is 12. The molecule has 4 rings (SSSR count). The lowest BCUT2D eigenvalue weighted by atomic mass is 9.83. The lowest BCUT2D eigenvalue weighted by Crippen LogP contribution is -2.67. The maximum absolute atomic E-state index is 11.6. The van der Waals surface area contributed by atoms with Crippen LogP contribution in [0, 0.1) is 0 Å². The van der Waals surface area contributed by atoms with Crippen molar-refractivity contribution >= 4 is 5.84 Å². The number of aliphatic imine (C=N–C) groups is 1. The lowest BCUT2D eigenvalue weighted by molar-refractivity contribution is -0.306. The van der Waals surface area contributed by atoms with E-state index in [9.17, 15) is 25.5 Å². The van der Waals surface area contributed by atoms with Crippen molar-refractivity contribution in [3.63, 3.8) is 0 Å². The van der Waals surface area contributed by atoms with Gasteiger partial charge in [-0.1, -0.05) is 0 Å². The summed E-state index contributed by atoms with van der Waals surface area (Å²) in [6.45, 7) is 1.61. The molecule has 14 N–H and O–H groups in total. The summed E-state index contributed by atoms with van der Waals surface area (Å²) in [7, 11) is 1.60. The quantitative estimate of drug-likeness (QED) is 0.0732. The van der Waals surface area contributed by atoms with Gasteiger partial charge in [0.1, 0.15) is 41.5 Å². The third kappa shape index (κ3) is 7.76. The molecule has 13 atom stereocenters. The maximum atomic E-state index is 11.6. The van der Waals surface area contributed by atoms with Gasteiger partial charge in [-0.15, -0.1) is 0 Å². The Kier molecular flexibility index (Phi) is 11.2. The molecule has 1 unspecified atom stereocenters. The van der Waals surface area contributed by atoms with Gasteiger partial charge in [0.05, 0.1) is 43.5 Å². The molecule has 0 amide bonds. The van der Waals surface area contributed by atoms with Crippen molar-refractivity contribution < 1.29 is 49.6 Å². The second-order valence-corrected chi connectivity index (χ2v) is 12.4. The smallest absolute Gasteiger partial charge is 0.185 e. The summed E-state index contributed by atoms with van der Waals surface area (Å²) in [5, 5.41) is 68.2. The zero-order valence-electron chi connectivity index (χ0n) is 24.3. The minimum Gasteiger partial charge on any atom is -0.394 e. The monoisotopic (exact) mass is 606 g/mol. The third-order valence-electron chi connectivity index (χ3n) is 8.68. The van der Waals surface area contributed by atoms with Gasteiger partial charge in [0.25, 0.3) is 0 Å². The van der Waals surface area contributed by atoms with Crippen molar-refractivity contribution in [1.29, 1.82) is 0 Å². The van der Waals surface area contributed by atoms with Crippen LogP contribution in [0.3, 0.4) is 0 Å². The number of nitrogens with zero attached hydrogens (tertiary/aromatic N) is 1. The van der Waals surface area contributed by atoms with Gasteiger partial charge < -0.3 is 77.4 Å². The van der Waals surface area contributed by atoms with Gasteiger partial charge in [-0.2, -0.15) is 0 Å². The summed E-state index contributed by atoms with van der Waals surface area (Å²) in [6.07, 6.45) is -5.82.